The molecule has 1 aromatic carbocycles. The van der Waals surface area contributed by atoms with Crippen LogP contribution in [-0.4, -0.2) is 37.5 Å². The maximum absolute atomic E-state index is 13.1. The Morgan fingerprint density at radius 1 is 1.27 bits per heavy atom. The van der Waals surface area contributed by atoms with E-state index in [1.54, 1.807) is 12.1 Å². The number of carbonyl (C=O) groups excluding carboxylic acids is 1. The molecule has 1 aliphatic rings. The Hall–Kier alpha value is -1.42. The molecule has 0 heterocycles. The number of hydrogen-bond donors (Lipinski definition) is 1. The topological polar surface area (TPSA) is 32.3 Å². The lowest BCUT2D eigenvalue weighted by Crippen LogP contribution is -2.46. The number of nitrogens with one attached hydrogen (secondary N) is 1. The average molecular weight is 306 g/mol. The number of likely N-dealkylation sites (N-methyl/N-ethyl adjacent to an activating group) is 1. The van der Waals surface area contributed by atoms with Gasteiger partial charge in [-0.05, 0) is 57.0 Å². The van der Waals surface area contributed by atoms with Crippen LogP contribution >= 0.6 is 0 Å². The van der Waals surface area contributed by atoms with Gasteiger partial charge in [0.1, 0.15) is 5.82 Å². The fourth-order valence-corrected chi connectivity index (χ4v) is 3.05. The highest BCUT2D eigenvalue weighted by Gasteiger charge is 2.51. The minimum absolute atomic E-state index is 0.0895. The van der Waals surface area contributed by atoms with Crippen LogP contribution in [0, 0.1) is 11.7 Å². The van der Waals surface area contributed by atoms with Crippen molar-refractivity contribution in [2.75, 3.05) is 20.6 Å². The first kappa shape index (κ1) is 16.9. The zero-order valence-corrected chi connectivity index (χ0v) is 14.0. The summed E-state index contributed by atoms with van der Waals surface area (Å²) < 4.78 is 13.1. The molecule has 1 saturated carbocycles. The summed E-state index contributed by atoms with van der Waals surface area (Å²) in [4.78, 5) is 14.9. The van der Waals surface area contributed by atoms with Crippen molar-refractivity contribution in [2.24, 2.45) is 5.92 Å². The summed E-state index contributed by atoms with van der Waals surface area (Å²) in [5, 5.41) is 3.22. The molecule has 22 heavy (non-hydrogen) atoms. The summed E-state index contributed by atoms with van der Waals surface area (Å²) in [6.45, 7) is 5.17. The summed E-state index contributed by atoms with van der Waals surface area (Å²) in [6.07, 6.45) is 2.66. The first-order chi connectivity index (χ1) is 10.3. The van der Waals surface area contributed by atoms with E-state index in [1.807, 2.05) is 14.1 Å². The normalized spacial score (nSPS) is 17.6. The number of carbonyl (C=O) groups is 1. The zero-order chi connectivity index (χ0) is 16.3. The maximum Gasteiger partial charge on any atom is 0.230 e. The van der Waals surface area contributed by atoms with E-state index in [0.717, 1.165) is 31.4 Å². The average Bonchev–Trinajstić information content (AvgIpc) is 3.19. The van der Waals surface area contributed by atoms with Gasteiger partial charge < -0.3 is 10.2 Å². The first-order valence-electron chi connectivity index (χ1n) is 8.05. The molecule has 0 saturated heterocycles. The van der Waals surface area contributed by atoms with Crippen molar-refractivity contribution < 1.29 is 9.18 Å². The van der Waals surface area contributed by atoms with E-state index in [-0.39, 0.29) is 17.8 Å². The maximum atomic E-state index is 13.1. The number of halogens is 1. The van der Waals surface area contributed by atoms with Gasteiger partial charge in [-0.15, -0.1) is 0 Å². The van der Waals surface area contributed by atoms with Gasteiger partial charge in [0.05, 0.1) is 5.41 Å². The SMILES string of the molecule is CC(C)CC(CN(C)C)NC(=O)C1(c2ccc(F)cc2)CC1. The molecule has 1 unspecified atom stereocenters. The smallest absolute Gasteiger partial charge is 0.230 e. The molecule has 1 aromatic rings. The molecule has 0 aromatic heterocycles. The van der Waals surface area contributed by atoms with Crippen molar-refractivity contribution in [2.45, 2.75) is 44.6 Å². The van der Waals surface area contributed by atoms with Gasteiger partial charge in [-0.1, -0.05) is 26.0 Å². The van der Waals surface area contributed by atoms with Crippen molar-refractivity contribution in [3.8, 4) is 0 Å². The van der Waals surface area contributed by atoms with E-state index in [0.29, 0.717) is 5.92 Å². The summed E-state index contributed by atoms with van der Waals surface area (Å²) in [5.74, 6) is 0.364. The third-order valence-electron chi connectivity index (χ3n) is 4.26. The fourth-order valence-electron chi connectivity index (χ4n) is 3.05. The van der Waals surface area contributed by atoms with Crippen LogP contribution in [0.4, 0.5) is 4.39 Å². The predicted molar refractivity (Wildman–Crippen MR) is 87.3 cm³/mol. The van der Waals surface area contributed by atoms with Gasteiger partial charge in [-0.2, -0.15) is 0 Å². The fraction of sp³-hybridized carbons (Fsp3) is 0.611. The number of amides is 1. The van der Waals surface area contributed by atoms with Crippen LogP contribution in [0.25, 0.3) is 0 Å². The molecule has 0 aliphatic heterocycles. The molecule has 1 N–H and O–H groups in total. The summed E-state index contributed by atoms with van der Waals surface area (Å²) in [6, 6.07) is 6.51. The monoisotopic (exact) mass is 306 g/mol. The second-order valence-corrected chi connectivity index (χ2v) is 7.15. The van der Waals surface area contributed by atoms with E-state index < -0.39 is 5.41 Å². The lowest BCUT2D eigenvalue weighted by Gasteiger charge is -2.26. The molecule has 122 valence electrons. The van der Waals surface area contributed by atoms with Crippen molar-refractivity contribution in [1.82, 2.24) is 10.2 Å². The molecule has 0 spiro atoms. The quantitative estimate of drug-likeness (QED) is 0.840. The van der Waals surface area contributed by atoms with Gasteiger partial charge in [-0.3, -0.25) is 4.79 Å². The first-order valence-corrected chi connectivity index (χ1v) is 8.05. The van der Waals surface area contributed by atoms with Crippen molar-refractivity contribution in [3.05, 3.63) is 35.6 Å². The molecule has 1 aliphatic carbocycles. The van der Waals surface area contributed by atoms with Crippen molar-refractivity contribution in [3.63, 3.8) is 0 Å². The van der Waals surface area contributed by atoms with Gasteiger partial charge in [0.2, 0.25) is 5.91 Å². The Labute approximate surface area is 132 Å². The third kappa shape index (κ3) is 4.07. The molecule has 0 radical (unpaired) electrons. The molecular formula is C18H27FN2O. The number of hydrogen-bond acceptors (Lipinski definition) is 2. The number of rotatable bonds is 7. The lowest BCUT2D eigenvalue weighted by atomic mass is 9.94. The molecule has 1 atom stereocenters. The molecule has 1 fully saturated rings. The zero-order valence-electron chi connectivity index (χ0n) is 14.0. The Kier molecular flexibility index (Phi) is 5.22. The van der Waals surface area contributed by atoms with E-state index in [2.05, 4.69) is 24.1 Å². The highest BCUT2D eigenvalue weighted by Crippen LogP contribution is 2.48. The second kappa shape index (κ2) is 6.78. The molecule has 3 nitrogen and oxygen atoms in total. The lowest BCUT2D eigenvalue weighted by molar-refractivity contribution is -0.124. The highest BCUT2D eigenvalue weighted by atomic mass is 19.1. The van der Waals surface area contributed by atoms with Crippen molar-refractivity contribution in [1.29, 1.82) is 0 Å². The largest absolute Gasteiger partial charge is 0.351 e. The summed E-state index contributed by atoms with van der Waals surface area (Å²) in [7, 11) is 4.04. The third-order valence-corrected chi connectivity index (χ3v) is 4.26. The standard InChI is InChI=1S/C18H27FN2O/c1-13(2)11-16(12-21(3)4)20-17(22)18(9-10-18)14-5-7-15(19)8-6-14/h5-8,13,16H,9-12H2,1-4H3,(H,20,22). The number of nitrogens with zero attached hydrogens (tertiary/aromatic N) is 1. The van der Waals surface area contributed by atoms with E-state index in [1.165, 1.54) is 12.1 Å². The van der Waals surface area contributed by atoms with Crippen LogP contribution < -0.4 is 5.32 Å². The van der Waals surface area contributed by atoms with Crippen LogP contribution in [0.1, 0.15) is 38.7 Å². The van der Waals surface area contributed by atoms with Gasteiger partial charge in [-0.25, -0.2) is 4.39 Å². The molecule has 1 amide bonds. The molecule has 2 rings (SSSR count). The van der Waals surface area contributed by atoms with E-state index in [4.69, 9.17) is 0 Å². The molecule has 0 bridgehead atoms. The Morgan fingerprint density at radius 2 is 1.86 bits per heavy atom. The Balaban J connectivity index is 2.07. The van der Waals surface area contributed by atoms with Gasteiger partial charge in [0.25, 0.3) is 0 Å². The molecule has 4 heteroatoms. The van der Waals surface area contributed by atoms with Crippen LogP contribution in [0.2, 0.25) is 0 Å². The van der Waals surface area contributed by atoms with Crippen LogP contribution in [-0.2, 0) is 10.2 Å². The Bertz CT molecular complexity index is 496. The van der Waals surface area contributed by atoms with Crippen LogP contribution in [0.15, 0.2) is 24.3 Å². The van der Waals surface area contributed by atoms with Gasteiger partial charge >= 0.3 is 0 Å². The number of benzene rings is 1. The predicted octanol–water partition coefficient (Wildman–Crippen LogP) is 2.95. The van der Waals surface area contributed by atoms with E-state index in [9.17, 15) is 9.18 Å². The van der Waals surface area contributed by atoms with Gasteiger partial charge in [0.15, 0.2) is 0 Å². The summed E-state index contributed by atoms with van der Waals surface area (Å²) in [5.41, 5.74) is 0.495. The summed E-state index contributed by atoms with van der Waals surface area (Å²) >= 11 is 0. The van der Waals surface area contributed by atoms with Crippen molar-refractivity contribution >= 4 is 5.91 Å². The van der Waals surface area contributed by atoms with Crippen LogP contribution in [0.5, 0.6) is 0 Å². The van der Waals surface area contributed by atoms with Gasteiger partial charge in [0, 0.05) is 12.6 Å². The molecular weight excluding hydrogens is 279 g/mol. The highest BCUT2D eigenvalue weighted by molar-refractivity contribution is 5.91. The second-order valence-electron chi connectivity index (χ2n) is 7.15. The van der Waals surface area contributed by atoms with E-state index >= 15 is 0 Å². The Morgan fingerprint density at radius 3 is 2.32 bits per heavy atom. The van der Waals surface area contributed by atoms with Crippen LogP contribution in [0.3, 0.4) is 0 Å². The minimum atomic E-state index is -0.435. The minimum Gasteiger partial charge on any atom is -0.351 e.